The number of carbonyl (C=O) groups is 3. The molecule has 2 atom stereocenters. The summed E-state index contributed by atoms with van der Waals surface area (Å²) in [5.74, 6) is -3.58. The summed E-state index contributed by atoms with van der Waals surface area (Å²) in [7, 11) is 0. The second kappa shape index (κ2) is 8.69. The molecule has 0 spiro atoms. The second-order valence-electron chi connectivity index (χ2n) is 4.05. The molecular formula is C10H19N5O5. The number of nitrogens with zero attached hydrogens (tertiary/aromatic N) is 1. The van der Waals surface area contributed by atoms with E-state index in [4.69, 9.17) is 27.4 Å². The molecule has 10 nitrogen and oxygen atoms in total. The van der Waals surface area contributed by atoms with Gasteiger partial charge in [0.25, 0.3) is 0 Å². The maximum Gasteiger partial charge on any atom is 0.326 e. The van der Waals surface area contributed by atoms with Crippen LogP contribution < -0.4 is 22.5 Å². The van der Waals surface area contributed by atoms with E-state index in [1.54, 1.807) is 0 Å². The molecule has 0 aromatic carbocycles. The number of hydrogen-bond donors (Lipinski definition) is 6. The molecule has 0 aliphatic heterocycles. The molecule has 9 N–H and O–H groups in total. The van der Waals surface area contributed by atoms with Crippen molar-refractivity contribution < 1.29 is 24.6 Å². The van der Waals surface area contributed by atoms with Crippen LogP contribution in [0.4, 0.5) is 0 Å². The largest absolute Gasteiger partial charge is 0.481 e. The third kappa shape index (κ3) is 7.87. The minimum absolute atomic E-state index is 0.0737. The highest BCUT2D eigenvalue weighted by Gasteiger charge is 2.25. The van der Waals surface area contributed by atoms with Gasteiger partial charge in [0.2, 0.25) is 5.91 Å². The summed E-state index contributed by atoms with van der Waals surface area (Å²) in [4.78, 5) is 36.5. The number of rotatable bonds is 9. The maximum atomic E-state index is 11.6. The van der Waals surface area contributed by atoms with Gasteiger partial charge < -0.3 is 32.7 Å². The van der Waals surface area contributed by atoms with Crippen molar-refractivity contribution in [1.29, 1.82) is 0 Å². The lowest BCUT2D eigenvalue weighted by Gasteiger charge is -2.16. The van der Waals surface area contributed by atoms with Crippen molar-refractivity contribution in [3.63, 3.8) is 0 Å². The summed E-state index contributed by atoms with van der Waals surface area (Å²) in [6.07, 6.45) is -0.0486. The molecule has 0 saturated carbocycles. The molecule has 114 valence electrons. The lowest BCUT2D eigenvalue weighted by atomic mass is 10.1. The molecule has 0 saturated heterocycles. The number of carbonyl (C=O) groups excluding carboxylic acids is 1. The number of amides is 1. The molecule has 0 aliphatic rings. The Kier molecular flexibility index (Phi) is 7.67. The number of aliphatic carboxylic acids is 2. The van der Waals surface area contributed by atoms with Gasteiger partial charge in [0.15, 0.2) is 5.96 Å². The molecule has 0 fully saturated rings. The van der Waals surface area contributed by atoms with Crippen LogP contribution in [-0.4, -0.2) is 52.6 Å². The summed E-state index contributed by atoms with van der Waals surface area (Å²) in [5, 5.41) is 19.4. The van der Waals surface area contributed by atoms with Crippen molar-refractivity contribution in [1.82, 2.24) is 5.32 Å². The summed E-state index contributed by atoms with van der Waals surface area (Å²) < 4.78 is 0. The first-order chi connectivity index (χ1) is 9.23. The standard InChI is InChI=1S/C10H19N5O5/c11-5(2-1-3-14-10(12)13)8(18)15-6(9(19)20)4-7(16)17/h5-6H,1-4,11H2,(H,15,18)(H,16,17)(H,19,20)(H4,12,13,14)/t5-,6+/m0/s1. The fourth-order valence-electron chi connectivity index (χ4n) is 1.30. The Hall–Kier alpha value is -2.36. The van der Waals surface area contributed by atoms with Crippen molar-refractivity contribution in [2.45, 2.75) is 31.3 Å². The van der Waals surface area contributed by atoms with Crippen molar-refractivity contribution in [3.8, 4) is 0 Å². The molecule has 0 unspecified atom stereocenters. The highest BCUT2D eigenvalue weighted by Crippen LogP contribution is 1.98. The van der Waals surface area contributed by atoms with Crippen LogP contribution in [0.15, 0.2) is 4.99 Å². The van der Waals surface area contributed by atoms with Crippen LogP contribution in [0.1, 0.15) is 19.3 Å². The van der Waals surface area contributed by atoms with Crippen molar-refractivity contribution in [2.24, 2.45) is 22.2 Å². The third-order valence-corrected chi connectivity index (χ3v) is 2.30. The van der Waals surface area contributed by atoms with Gasteiger partial charge in [0.1, 0.15) is 6.04 Å². The zero-order valence-electron chi connectivity index (χ0n) is 10.8. The number of carboxylic acids is 2. The molecule has 0 bridgehead atoms. The highest BCUT2D eigenvalue weighted by atomic mass is 16.4. The van der Waals surface area contributed by atoms with Crippen molar-refractivity contribution in [3.05, 3.63) is 0 Å². The van der Waals surface area contributed by atoms with E-state index in [0.717, 1.165) is 0 Å². The second-order valence-corrected chi connectivity index (χ2v) is 4.05. The number of nitrogens with two attached hydrogens (primary N) is 3. The minimum Gasteiger partial charge on any atom is -0.481 e. The van der Waals surface area contributed by atoms with E-state index in [1.807, 2.05) is 0 Å². The van der Waals surface area contributed by atoms with Crippen LogP contribution in [0.5, 0.6) is 0 Å². The number of carboxylic acid groups (broad SMARTS) is 2. The fourth-order valence-corrected chi connectivity index (χ4v) is 1.30. The summed E-state index contributed by atoms with van der Waals surface area (Å²) >= 11 is 0. The van der Waals surface area contributed by atoms with E-state index in [1.165, 1.54) is 0 Å². The normalized spacial score (nSPS) is 13.1. The van der Waals surface area contributed by atoms with Crippen LogP contribution in [0, 0.1) is 0 Å². The average Bonchev–Trinajstić information content (AvgIpc) is 2.32. The first kappa shape index (κ1) is 17.6. The zero-order valence-corrected chi connectivity index (χ0v) is 10.8. The number of nitrogens with one attached hydrogen (secondary N) is 1. The van der Waals surface area contributed by atoms with E-state index in [2.05, 4.69) is 10.3 Å². The molecule has 0 radical (unpaired) electrons. The van der Waals surface area contributed by atoms with Gasteiger partial charge in [-0.15, -0.1) is 0 Å². The molecule has 0 aromatic heterocycles. The molecule has 0 rings (SSSR count). The van der Waals surface area contributed by atoms with Gasteiger partial charge in [-0.3, -0.25) is 14.6 Å². The van der Waals surface area contributed by atoms with Crippen LogP contribution in [0.25, 0.3) is 0 Å². The lowest BCUT2D eigenvalue weighted by molar-refractivity contribution is -0.147. The van der Waals surface area contributed by atoms with Gasteiger partial charge >= 0.3 is 11.9 Å². The molecule has 20 heavy (non-hydrogen) atoms. The number of hydrogen-bond acceptors (Lipinski definition) is 5. The predicted molar refractivity (Wildman–Crippen MR) is 69.7 cm³/mol. The molecule has 10 heteroatoms. The third-order valence-electron chi connectivity index (χ3n) is 2.30. The SMILES string of the molecule is NC(N)=NCCC[C@H](N)C(=O)N[C@H](CC(=O)O)C(=O)O. The molecular weight excluding hydrogens is 270 g/mol. The fraction of sp³-hybridized carbons (Fsp3) is 0.600. The Morgan fingerprint density at radius 3 is 2.25 bits per heavy atom. The minimum atomic E-state index is -1.51. The molecule has 1 amide bonds. The highest BCUT2D eigenvalue weighted by molar-refractivity contribution is 5.89. The first-order valence-corrected chi connectivity index (χ1v) is 5.80. The topological polar surface area (TPSA) is 194 Å². The average molecular weight is 289 g/mol. The molecule has 0 heterocycles. The Balaban J connectivity index is 4.25. The van der Waals surface area contributed by atoms with Crippen LogP contribution in [-0.2, 0) is 14.4 Å². The van der Waals surface area contributed by atoms with E-state index in [-0.39, 0.29) is 12.4 Å². The Morgan fingerprint density at radius 1 is 1.20 bits per heavy atom. The summed E-state index contributed by atoms with van der Waals surface area (Å²) in [6.45, 7) is 0.292. The van der Waals surface area contributed by atoms with Crippen LogP contribution in [0.2, 0.25) is 0 Å². The van der Waals surface area contributed by atoms with Gasteiger partial charge in [0, 0.05) is 6.54 Å². The van der Waals surface area contributed by atoms with E-state index < -0.39 is 36.4 Å². The number of aliphatic imine (C=N–C) groups is 1. The van der Waals surface area contributed by atoms with Gasteiger partial charge in [-0.2, -0.15) is 0 Å². The monoisotopic (exact) mass is 289 g/mol. The van der Waals surface area contributed by atoms with Gasteiger partial charge in [-0.25, -0.2) is 4.79 Å². The predicted octanol–water partition coefficient (Wildman–Crippen LogP) is -2.59. The molecule has 0 aromatic rings. The maximum absolute atomic E-state index is 11.6. The smallest absolute Gasteiger partial charge is 0.326 e. The van der Waals surface area contributed by atoms with E-state index in [9.17, 15) is 14.4 Å². The van der Waals surface area contributed by atoms with E-state index >= 15 is 0 Å². The van der Waals surface area contributed by atoms with Crippen LogP contribution in [0.3, 0.4) is 0 Å². The van der Waals surface area contributed by atoms with Crippen LogP contribution >= 0.6 is 0 Å². The Bertz CT molecular complexity index is 393. The van der Waals surface area contributed by atoms with Gasteiger partial charge in [0.05, 0.1) is 12.5 Å². The van der Waals surface area contributed by atoms with Crippen molar-refractivity contribution >= 4 is 23.8 Å². The van der Waals surface area contributed by atoms with Gasteiger partial charge in [-0.05, 0) is 12.8 Å². The summed E-state index contributed by atoms with van der Waals surface area (Å²) in [5.41, 5.74) is 15.8. The van der Waals surface area contributed by atoms with E-state index in [0.29, 0.717) is 13.0 Å². The molecule has 0 aliphatic carbocycles. The lowest BCUT2D eigenvalue weighted by Crippen LogP contribution is -2.49. The Morgan fingerprint density at radius 2 is 1.80 bits per heavy atom. The zero-order chi connectivity index (χ0) is 15.7. The summed E-state index contributed by atoms with van der Waals surface area (Å²) in [6, 6.07) is -2.47. The van der Waals surface area contributed by atoms with Gasteiger partial charge in [-0.1, -0.05) is 0 Å². The van der Waals surface area contributed by atoms with Crippen molar-refractivity contribution in [2.75, 3.05) is 6.54 Å². The Labute approximate surface area is 115 Å². The first-order valence-electron chi connectivity index (χ1n) is 5.80. The quantitative estimate of drug-likeness (QED) is 0.151. The number of guanidine groups is 1.